The van der Waals surface area contributed by atoms with Crippen LogP contribution in [-0.4, -0.2) is 35.7 Å². The molecule has 3 aliphatic carbocycles. The summed E-state index contributed by atoms with van der Waals surface area (Å²) in [4.78, 5) is 11.7. The minimum atomic E-state index is -5.48. The highest BCUT2D eigenvalue weighted by molar-refractivity contribution is 7.99. The van der Waals surface area contributed by atoms with Crippen molar-refractivity contribution in [1.29, 1.82) is 0 Å². The van der Waals surface area contributed by atoms with Gasteiger partial charge in [0.25, 0.3) is 0 Å². The van der Waals surface area contributed by atoms with Crippen molar-refractivity contribution in [2.75, 3.05) is 11.5 Å². The smallest absolute Gasteiger partial charge is 0.453 e. The molecule has 1 aromatic rings. The van der Waals surface area contributed by atoms with E-state index in [4.69, 9.17) is 4.74 Å². The van der Waals surface area contributed by atoms with E-state index in [2.05, 4.69) is 32.0 Å². The summed E-state index contributed by atoms with van der Waals surface area (Å²) in [5.41, 5.74) is 3.88. The van der Waals surface area contributed by atoms with Gasteiger partial charge in [-0.25, -0.2) is 0 Å². The molecule has 0 radical (unpaired) electrons. The number of esters is 1. The molecule has 1 aromatic carbocycles. The zero-order chi connectivity index (χ0) is 25.6. The second kappa shape index (κ2) is 9.86. The lowest BCUT2D eigenvalue weighted by molar-refractivity contribution is -0.284. The average Bonchev–Trinajstić information content (AvgIpc) is 3.07. The molecule has 196 valence electrons. The van der Waals surface area contributed by atoms with Crippen molar-refractivity contribution < 1.29 is 31.5 Å². The van der Waals surface area contributed by atoms with Gasteiger partial charge in [-0.15, -0.1) is 0 Å². The Morgan fingerprint density at radius 3 is 2.60 bits per heavy atom. The van der Waals surface area contributed by atoms with Gasteiger partial charge in [0.2, 0.25) is 0 Å². The number of halogens is 5. The van der Waals surface area contributed by atoms with Crippen molar-refractivity contribution in [1.82, 2.24) is 0 Å². The zero-order valence-corrected chi connectivity index (χ0v) is 21.4. The van der Waals surface area contributed by atoms with Gasteiger partial charge in [-0.1, -0.05) is 30.7 Å². The van der Waals surface area contributed by atoms with Crippen molar-refractivity contribution in [3.63, 3.8) is 0 Å². The normalized spacial score (nSPS) is 32.5. The Hall–Kier alpha value is -1.31. The van der Waals surface area contributed by atoms with Gasteiger partial charge >= 0.3 is 18.1 Å². The van der Waals surface area contributed by atoms with Crippen molar-refractivity contribution in [3.05, 3.63) is 34.9 Å². The van der Waals surface area contributed by atoms with Crippen LogP contribution in [0.4, 0.5) is 22.0 Å². The van der Waals surface area contributed by atoms with Gasteiger partial charge in [0, 0.05) is 18.8 Å². The number of alkyl halides is 5. The van der Waals surface area contributed by atoms with Crippen LogP contribution in [-0.2, 0) is 16.0 Å². The summed E-state index contributed by atoms with van der Waals surface area (Å²) < 4.78 is 69.7. The fourth-order valence-electron chi connectivity index (χ4n) is 7.20. The Bertz CT molecular complexity index is 933. The van der Waals surface area contributed by atoms with E-state index in [0.29, 0.717) is 23.7 Å². The van der Waals surface area contributed by atoms with Crippen LogP contribution in [0.1, 0.15) is 75.0 Å². The summed E-state index contributed by atoms with van der Waals surface area (Å²) in [6.07, 6.45) is -2.12. The summed E-state index contributed by atoms with van der Waals surface area (Å²) in [6.45, 7) is 5.79. The van der Waals surface area contributed by atoms with E-state index >= 15 is 0 Å². The Morgan fingerprint density at radius 1 is 1.17 bits per heavy atom. The Balaban J connectivity index is 1.49. The average molecular weight is 519 g/mol. The van der Waals surface area contributed by atoms with Crippen LogP contribution >= 0.6 is 11.8 Å². The summed E-state index contributed by atoms with van der Waals surface area (Å²) in [7, 11) is 0. The van der Waals surface area contributed by atoms with Gasteiger partial charge in [0.15, 0.2) is 0 Å². The number of aryl methyl sites for hydroxylation is 1. The van der Waals surface area contributed by atoms with Crippen LogP contribution in [0.5, 0.6) is 0 Å². The third-order valence-corrected chi connectivity index (χ3v) is 10.0. The van der Waals surface area contributed by atoms with E-state index in [0.717, 1.165) is 37.9 Å². The predicted octanol–water partition coefficient (Wildman–Crippen LogP) is 7.72. The molecule has 0 spiro atoms. The molecule has 3 aliphatic rings. The quantitative estimate of drug-likeness (QED) is 0.210. The van der Waals surface area contributed by atoms with Gasteiger partial charge in [0.05, 0.1) is 0 Å². The summed E-state index contributed by atoms with van der Waals surface area (Å²) in [5.74, 6) is -2.30. The number of fused-ring (bicyclic) bond motifs is 5. The number of carbonyl (C=O) groups excluding carboxylic acids is 1. The number of thioether (sulfide) groups is 1. The van der Waals surface area contributed by atoms with Crippen LogP contribution < -0.4 is 0 Å². The first-order valence-corrected chi connectivity index (χ1v) is 13.8. The first-order valence-electron chi connectivity index (χ1n) is 12.6. The molecule has 0 unspecified atom stereocenters. The van der Waals surface area contributed by atoms with Gasteiger partial charge in [0.1, 0.15) is 6.10 Å². The van der Waals surface area contributed by atoms with E-state index in [1.54, 1.807) is 0 Å². The fraction of sp³-hybridized carbons (Fsp3) is 0.741. The molecule has 6 atom stereocenters. The van der Waals surface area contributed by atoms with Crippen molar-refractivity contribution in [3.8, 4) is 0 Å². The molecule has 2 saturated carbocycles. The van der Waals surface area contributed by atoms with Gasteiger partial charge < -0.3 is 4.74 Å². The molecule has 35 heavy (non-hydrogen) atoms. The highest BCUT2D eigenvalue weighted by Crippen LogP contribution is 2.63. The molecule has 2 nitrogen and oxygen atoms in total. The molecule has 0 aromatic heterocycles. The number of carbonyl (C=O) groups is 1. The molecule has 0 amide bonds. The van der Waals surface area contributed by atoms with E-state index in [1.807, 2.05) is 0 Å². The molecule has 8 heteroatoms. The Labute approximate surface area is 208 Å². The summed E-state index contributed by atoms with van der Waals surface area (Å²) in [6, 6.07) is 6.67. The Morgan fingerprint density at radius 2 is 1.91 bits per heavy atom. The maximum atomic E-state index is 13.3. The molecular formula is C27H35F5O2S. The van der Waals surface area contributed by atoms with Crippen molar-refractivity contribution in [2.24, 2.45) is 23.2 Å². The molecule has 0 heterocycles. The minimum Gasteiger partial charge on any atom is -0.462 e. The highest BCUT2D eigenvalue weighted by atomic mass is 32.2. The summed E-state index contributed by atoms with van der Waals surface area (Å²) >= 11 is 1.50. The maximum absolute atomic E-state index is 13.3. The van der Waals surface area contributed by atoms with Crippen LogP contribution in [0.2, 0.25) is 0 Å². The number of hydrogen-bond acceptors (Lipinski definition) is 3. The lowest BCUT2D eigenvalue weighted by atomic mass is 9.52. The second-order valence-corrected chi connectivity index (χ2v) is 12.2. The third kappa shape index (κ3) is 5.24. The molecule has 0 saturated heterocycles. The van der Waals surface area contributed by atoms with E-state index in [9.17, 15) is 26.7 Å². The van der Waals surface area contributed by atoms with Crippen LogP contribution in [0, 0.1) is 30.1 Å². The number of benzene rings is 1. The molecule has 4 rings (SSSR count). The van der Waals surface area contributed by atoms with Gasteiger partial charge in [-0.3, -0.25) is 4.79 Å². The van der Waals surface area contributed by atoms with E-state index < -0.39 is 18.5 Å². The third-order valence-electron chi connectivity index (χ3n) is 8.80. The Kier molecular flexibility index (Phi) is 7.54. The first kappa shape index (κ1) is 26.7. The van der Waals surface area contributed by atoms with Crippen LogP contribution in [0.15, 0.2) is 18.2 Å². The fourth-order valence-corrected chi connectivity index (χ4v) is 8.35. The molecular weight excluding hydrogens is 483 g/mol. The highest BCUT2D eigenvalue weighted by Gasteiger charge is 2.58. The first-order chi connectivity index (χ1) is 16.3. The van der Waals surface area contributed by atoms with Crippen LogP contribution in [0.3, 0.4) is 0 Å². The standard InChI is InChI=1S/C27H35F5O2S/c1-16-5-6-20-18(13-16)14-19(15-35-12-4-10-26(28,29)27(30,31)32)24-21(20)9-11-25(3)22(24)7-8-23(25)34-17(2)33/h5-6,13,19,21-24H,4,7-12,14-15H2,1-3H3/t19-,21+,22-,23-,24+,25-/m0/s1. The minimum absolute atomic E-state index is 0.0767. The predicted molar refractivity (Wildman–Crippen MR) is 128 cm³/mol. The largest absolute Gasteiger partial charge is 0.462 e. The lowest BCUT2D eigenvalue weighted by Gasteiger charge is -2.53. The van der Waals surface area contributed by atoms with Crippen molar-refractivity contribution in [2.45, 2.75) is 89.8 Å². The molecule has 2 fully saturated rings. The molecule has 0 bridgehead atoms. The summed E-state index contributed by atoms with van der Waals surface area (Å²) in [5, 5.41) is 0. The zero-order valence-electron chi connectivity index (χ0n) is 20.6. The van der Waals surface area contributed by atoms with Crippen molar-refractivity contribution >= 4 is 17.7 Å². The SMILES string of the molecule is CC(=O)O[C@H]1CC[C@H]2[C@@H]3[C@H](CSCCCC(F)(F)C(F)(F)F)Cc4cc(C)ccc4[C@H]3CC[C@]12C. The molecule has 0 N–H and O–H groups in total. The lowest BCUT2D eigenvalue weighted by Crippen LogP contribution is -2.48. The number of ether oxygens (including phenoxy) is 1. The van der Waals surface area contributed by atoms with Gasteiger partial charge in [-0.2, -0.15) is 33.7 Å². The number of rotatable bonds is 7. The second-order valence-electron chi connectivity index (χ2n) is 11.1. The number of hydrogen-bond donors (Lipinski definition) is 0. The van der Waals surface area contributed by atoms with E-state index in [-0.39, 0.29) is 29.7 Å². The molecule has 0 aliphatic heterocycles. The monoisotopic (exact) mass is 518 g/mol. The topological polar surface area (TPSA) is 26.3 Å². The van der Waals surface area contributed by atoms with Gasteiger partial charge in [-0.05, 0) is 91.8 Å². The van der Waals surface area contributed by atoms with E-state index in [1.165, 1.54) is 35.4 Å². The maximum Gasteiger partial charge on any atom is 0.453 e. The van der Waals surface area contributed by atoms with Crippen LogP contribution in [0.25, 0.3) is 0 Å².